The summed E-state index contributed by atoms with van der Waals surface area (Å²) in [5.74, 6) is -3.78. The Bertz CT molecular complexity index is 1590. The first-order valence-electron chi connectivity index (χ1n) is 13.2. The topological polar surface area (TPSA) is 184 Å². The van der Waals surface area contributed by atoms with E-state index in [-0.39, 0.29) is 18.1 Å². The number of nitrogens with one attached hydrogen (secondary N) is 1. The highest BCUT2D eigenvalue weighted by Crippen LogP contribution is 2.46. The first-order valence-corrected chi connectivity index (χ1v) is 13.2. The van der Waals surface area contributed by atoms with Crippen LogP contribution in [-0.2, 0) is 50.0 Å². The highest BCUT2D eigenvalue weighted by molar-refractivity contribution is 6.08. The first-order chi connectivity index (χ1) is 20.0. The summed E-state index contributed by atoms with van der Waals surface area (Å²) in [6, 6.07) is 3.41. The van der Waals surface area contributed by atoms with E-state index >= 15 is 0 Å². The van der Waals surface area contributed by atoms with Crippen molar-refractivity contribution in [3.05, 3.63) is 44.1 Å². The maximum absolute atomic E-state index is 13.4. The number of carbonyl (C=O) groups excluding carboxylic acids is 5. The van der Waals surface area contributed by atoms with Gasteiger partial charge in [0.05, 0.1) is 17.9 Å². The molecule has 0 saturated carbocycles. The Hall–Kier alpha value is -4.95. The standard InChI is InChI=1S/C28H34N4O11/c1-13-9-20-21(10-14(13)2)32(15(3)33)24-26(29-28(39)30(8)27(24)38)31(20)11-22(41-17(5)35)25(43-19(7)37)23(42-18(6)36)12-40-16(4)34/h9-10,22-23,25H,11-12H2,1-8H3,(H,29,39). The summed E-state index contributed by atoms with van der Waals surface area (Å²) in [6.45, 7) is 8.36. The molecule has 1 aliphatic heterocycles. The van der Waals surface area contributed by atoms with Crippen LogP contribution in [0.25, 0.3) is 0 Å². The molecule has 0 radical (unpaired) electrons. The van der Waals surface area contributed by atoms with Gasteiger partial charge in [-0.1, -0.05) is 0 Å². The molecule has 1 aliphatic rings. The molecule has 3 rings (SSSR count). The zero-order valence-electron chi connectivity index (χ0n) is 25.1. The maximum atomic E-state index is 13.4. The normalized spacial score (nSPS) is 14.0. The van der Waals surface area contributed by atoms with Gasteiger partial charge < -0.3 is 23.8 Å². The molecule has 0 spiro atoms. The number of carbonyl (C=O) groups is 5. The van der Waals surface area contributed by atoms with Crippen LogP contribution >= 0.6 is 0 Å². The molecule has 1 amide bonds. The molecule has 3 atom stereocenters. The number of H-pyrrole nitrogens is 1. The van der Waals surface area contributed by atoms with Gasteiger partial charge in [-0.3, -0.25) is 43.2 Å². The number of nitrogens with zero attached hydrogens (tertiary/aromatic N) is 3. The van der Waals surface area contributed by atoms with Crippen molar-refractivity contribution in [2.45, 2.75) is 66.8 Å². The number of benzene rings is 1. The number of amides is 1. The zero-order chi connectivity index (χ0) is 32.3. The van der Waals surface area contributed by atoms with Gasteiger partial charge >= 0.3 is 29.6 Å². The van der Waals surface area contributed by atoms with Crippen molar-refractivity contribution in [3.8, 4) is 0 Å². The van der Waals surface area contributed by atoms with E-state index in [1.54, 1.807) is 12.1 Å². The number of anilines is 4. The van der Waals surface area contributed by atoms with Crippen molar-refractivity contribution in [1.29, 1.82) is 0 Å². The van der Waals surface area contributed by atoms with Crippen LogP contribution in [0.3, 0.4) is 0 Å². The average Bonchev–Trinajstić information content (AvgIpc) is 2.88. The van der Waals surface area contributed by atoms with Crippen LogP contribution in [-0.4, -0.2) is 70.8 Å². The molecule has 0 bridgehead atoms. The molecule has 2 aromatic rings. The van der Waals surface area contributed by atoms with Gasteiger partial charge in [0.2, 0.25) is 5.91 Å². The zero-order valence-corrected chi connectivity index (χ0v) is 25.1. The van der Waals surface area contributed by atoms with E-state index in [0.29, 0.717) is 11.4 Å². The molecule has 1 N–H and O–H groups in total. The third-order valence-electron chi connectivity index (χ3n) is 6.68. The SMILES string of the molecule is CC(=O)OCC(OC(C)=O)C(OC(C)=O)C(CN1c2cc(C)c(C)cc2N(C(C)=O)c2c1[nH]c(=O)n(C)c2=O)OC(C)=O. The molecule has 1 aromatic heterocycles. The minimum Gasteiger partial charge on any atom is -0.462 e. The number of aromatic nitrogens is 2. The van der Waals surface area contributed by atoms with Gasteiger partial charge in [-0.2, -0.15) is 0 Å². The van der Waals surface area contributed by atoms with Crippen LogP contribution < -0.4 is 21.0 Å². The number of fused-ring (bicyclic) bond motifs is 2. The van der Waals surface area contributed by atoms with E-state index in [0.717, 1.165) is 43.4 Å². The monoisotopic (exact) mass is 602 g/mol. The largest absolute Gasteiger partial charge is 0.462 e. The predicted octanol–water partition coefficient (Wildman–Crippen LogP) is 1.18. The molecular formula is C28H34N4O11. The quantitative estimate of drug-likeness (QED) is 0.320. The lowest BCUT2D eigenvalue weighted by Gasteiger charge is -2.41. The van der Waals surface area contributed by atoms with E-state index < -0.39 is 66.0 Å². The second-order valence-corrected chi connectivity index (χ2v) is 10.1. The van der Waals surface area contributed by atoms with Crippen LogP contribution in [0, 0.1) is 13.8 Å². The van der Waals surface area contributed by atoms with Crippen LogP contribution in [0.5, 0.6) is 0 Å². The Kier molecular flexibility index (Phi) is 9.78. The number of rotatable bonds is 9. The van der Waals surface area contributed by atoms with Crippen LogP contribution in [0.2, 0.25) is 0 Å². The average molecular weight is 603 g/mol. The number of ether oxygens (including phenoxy) is 4. The molecule has 0 fully saturated rings. The number of aromatic amines is 1. The summed E-state index contributed by atoms with van der Waals surface area (Å²) in [7, 11) is 1.25. The molecule has 2 heterocycles. The summed E-state index contributed by atoms with van der Waals surface area (Å²) < 4.78 is 22.2. The van der Waals surface area contributed by atoms with Gasteiger partial charge in [-0.25, -0.2) is 4.79 Å². The Labute approximate surface area is 246 Å². The van der Waals surface area contributed by atoms with Gasteiger partial charge in [0, 0.05) is 41.7 Å². The molecule has 0 saturated heterocycles. The Balaban J connectivity index is 2.31. The van der Waals surface area contributed by atoms with Gasteiger partial charge in [0.25, 0.3) is 5.56 Å². The van der Waals surface area contributed by atoms with E-state index in [2.05, 4.69) is 4.98 Å². The lowest BCUT2D eigenvalue weighted by Crippen LogP contribution is -2.52. The minimum atomic E-state index is -1.52. The fraction of sp³-hybridized carbons (Fsp3) is 0.464. The fourth-order valence-electron chi connectivity index (χ4n) is 4.72. The lowest BCUT2D eigenvalue weighted by molar-refractivity contribution is -0.188. The van der Waals surface area contributed by atoms with Crippen molar-refractivity contribution in [2.75, 3.05) is 23.0 Å². The van der Waals surface area contributed by atoms with E-state index in [9.17, 15) is 33.6 Å². The van der Waals surface area contributed by atoms with E-state index in [4.69, 9.17) is 18.9 Å². The first kappa shape index (κ1) is 32.6. The number of hydrogen-bond acceptors (Lipinski definition) is 12. The van der Waals surface area contributed by atoms with Crippen molar-refractivity contribution in [3.63, 3.8) is 0 Å². The summed E-state index contributed by atoms with van der Waals surface area (Å²) in [5.41, 5.74) is 0.475. The summed E-state index contributed by atoms with van der Waals surface area (Å²) in [4.78, 5) is 92.6. The van der Waals surface area contributed by atoms with Gasteiger partial charge in [0.1, 0.15) is 12.4 Å². The van der Waals surface area contributed by atoms with E-state index in [1.807, 2.05) is 13.8 Å². The smallest absolute Gasteiger partial charge is 0.329 e. The van der Waals surface area contributed by atoms with Crippen LogP contribution in [0.4, 0.5) is 22.9 Å². The molecular weight excluding hydrogens is 568 g/mol. The van der Waals surface area contributed by atoms with Crippen molar-refractivity contribution < 1.29 is 42.9 Å². The third kappa shape index (κ3) is 7.10. The highest BCUT2D eigenvalue weighted by Gasteiger charge is 2.42. The number of esters is 4. The molecule has 15 nitrogen and oxygen atoms in total. The summed E-state index contributed by atoms with van der Waals surface area (Å²) >= 11 is 0. The molecule has 0 aliphatic carbocycles. The van der Waals surface area contributed by atoms with Crippen molar-refractivity contribution >= 4 is 52.7 Å². The predicted molar refractivity (Wildman–Crippen MR) is 151 cm³/mol. The van der Waals surface area contributed by atoms with E-state index in [1.165, 1.54) is 23.8 Å². The summed E-state index contributed by atoms with van der Waals surface area (Å²) in [6.07, 6.45) is -4.37. The Morgan fingerprint density at radius 1 is 0.791 bits per heavy atom. The Morgan fingerprint density at radius 2 is 1.33 bits per heavy atom. The second-order valence-electron chi connectivity index (χ2n) is 10.1. The van der Waals surface area contributed by atoms with Crippen LogP contribution in [0.15, 0.2) is 21.7 Å². The molecule has 1 aromatic carbocycles. The highest BCUT2D eigenvalue weighted by atomic mass is 16.6. The minimum absolute atomic E-state index is 0.0956. The molecule has 15 heteroatoms. The van der Waals surface area contributed by atoms with Crippen molar-refractivity contribution in [1.82, 2.24) is 9.55 Å². The summed E-state index contributed by atoms with van der Waals surface area (Å²) in [5, 5.41) is 0. The molecule has 232 valence electrons. The van der Waals surface area contributed by atoms with Crippen molar-refractivity contribution in [2.24, 2.45) is 7.05 Å². The third-order valence-corrected chi connectivity index (χ3v) is 6.68. The van der Waals surface area contributed by atoms with Gasteiger partial charge in [-0.05, 0) is 37.1 Å². The number of aryl methyl sites for hydroxylation is 2. The lowest BCUT2D eigenvalue weighted by atomic mass is 10.0. The second kappa shape index (κ2) is 12.9. The fourth-order valence-corrected chi connectivity index (χ4v) is 4.72. The molecule has 43 heavy (non-hydrogen) atoms. The van der Waals surface area contributed by atoms with Gasteiger partial charge in [-0.15, -0.1) is 0 Å². The maximum Gasteiger partial charge on any atom is 0.329 e. The number of hydrogen-bond donors (Lipinski definition) is 1. The van der Waals surface area contributed by atoms with Gasteiger partial charge in [0.15, 0.2) is 24.0 Å². The Morgan fingerprint density at radius 3 is 1.84 bits per heavy atom. The van der Waals surface area contributed by atoms with Crippen LogP contribution in [0.1, 0.15) is 45.7 Å². The molecule has 3 unspecified atom stereocenters.